The van der Waals surface area contributed by atoms with E-state index in [9.17, 15) is 5.11 Å². The van der Waals surface area contributed by atoms with E-state index in [-0.39, 0.29) is 5.75 Å². The number of benzene rings is 1. The number of hydrogen-bond acceptors (Lipinski definition) is 5. The third-order valence-electron chi connectivity index (χ3n) is 5.37. The molecular formula is C23H17N7O. The van der Waals surface area contributed by atoms with Gasteiger partial charge in [0, 0.05) is 34.9 Å². The van der Waals surface area contributed by atoms with Crippen molar-refractivity contribution in [1.82, 2.24) is 34.7 Å². The van der Waals surface area contributed by atoms with Crippen LogP contribution >= 0.6 is 0 Å². The van der Waals surface area contributed by atoms with Crippen molar-refractivity contribution in [3.8, 4) is 34.0 Å². The second kappa shape index (κ2) is 6.53. The highest BCUT2D eigenvalue weighted by Gasteiger charge is 2.15. The lowest BCUT2D eigenvalue weighted by atomic mass is 10.0. The van der Waals surface area contributed by atoms with Gasteiger partial charge in [-0.15, -0.1) is 0 Å². The van der Waals surface area contributed by atoms with Crippen LogP contribution in [-0.2, 0) is 0 Å². The number of aromatic hydroxyl groups is 1. The first-order valence-electron chi connectivity index (χ1n) is 9.77. The molecule has 3 N–H and O–H groups in total. The maximum absolute atomic E-state index is 9.78. The number of aromatic nitrogens is 7. The average Bonchev–Trinajstić information content (AvgIpc) is 3.50. The largest absolute Gasteiger partial charge is 0.506 e. The molecule has 0 unspecified atom stereocenters. The summed E-state index contributed by atoms with van der Waals surface area (Å²) >= 11 is 0. The summed E-state index contributed by atoms with van der Waals surface area (Å²) in [5.41, 5.74) is 7.10. The Morgan fingerprint density at radius 1 is 0.968 bits per heavy atom. The molecule has 0 spiro atoms. The number of fused-ring (bicyclic) bond motifs is 2. The summed E-state index contributed by atoms with van der Waals surface area (Å²) in [6, 6.07) is 11.7. The molecule has 150 valence electrons. The number of aryl methyl sites for hydroxylation is 1. The van der Waals surface area contributed by atoms with E-state index in [1.54, 1.807) is 24.8 Å². The van der Waals surface area contributed by atoms with Gasteiger partial charge in [-0.05, 0) is 42.8 Å². The van der Waals surface area contributed by atoms with Gasteiger partial charge in [-0.2, -0.15) is 5.10 Å². The molecule has 1 aromatic carbocycles. The third kappa shape index (κ3) is 2.84. The highest BCUT2D eigenvalue weighted by molar-refractivity contribution is 5.98. The monoisotopic (exact) mass is 407 g/mol. The van der Waals surface area contributed by atoms with Crippen LogP contribution in [0.1, 0.15) is 5.69 Å². The Hall–Kier alpha value is -4.46. The fourth-order valence-electron chi connectivity index (χ4n) is 3.90. The van der Waals surface area contributed by atoms with Crippen molar-refractivity contribution in [2.24, 2.45) is 0 Å². The van der Waals surface area contributed by atoms with E-state index in [4.69, 9.17) is 0 Å². The zero-order valence-electron chi connectivity index (χ0n) is 16.5. The molecule has 0 saturated heterocycles. The molecule has 0 aliphatic heterocycles. The summed E-state index contributed by atoms with van der Waals surface area (Å²) in [7, 11) is 0. The Morgan fingerprint density at radius 2 is 1.90 bits per heavy atom. The zero-order valence-corrected chi connectivity index (χ0v) is 16.5. The summed E-state index contributed by atoms with van der Waals surface area (Å²) in [6.07, 6.45) is 8.72. The van der Waals surface area contributed by atoms with Crippen molar-refractivity contribution in [1.29, 1.82) is 0 Å². The number of H-pyrrole nitrogens is 2. The summed E-state index contributed by atoms with van der Waals surface area (Å²) in [5, 5.41) is 19.4. The molecule has 0 atom stereocenters. The molecule has 31 heavy (non-hydrogen) atoms. The minimum Gasteiger partial charge on any atom is -0.506 e. The van der Waals surface area contributed by atoms with Crippen LogP contribution in [0.5, 0.6) is 5.75 Å². The van der Waals surface area contributed by atoms with E-state index in [1.807, 2.05) is 42.0 Å². The van der Waals surface area contributed by atoms with E-state index >= 15 is 0 Å². The van der Waals surface area contributed by atoms with Gasteiger partial charge in [-0.1, -0.05) is 6.07 Å². The predicted molar refractivity (Wildman–Crippen MR) is 118 cm³/mol. The third-order valence-corrected chi connectivity index (χ3v) is 5.37. The van der Waals surface area contributed by atoms with Crippen LogP contribution < -0.4 is 0 Å². The Balaban J connectivity index is 1.51. The molecule has 0 aliphatic carbocycles. The molecule has 0 radical (unpaired) electrons. The lowest BCUT2D eigenvalue weighted by molar-refractivity contribution is 0.473. The van der Waals surface area contributed by atoms with Gasteiger partial charge >= 0.3 is 0 Å². The molecular weight excluding hydrogens is 390 g/mol. The standard InChI is InChI=1S/C23H17N7O/c1-13-11-30(12-26-13)21-4-5-25-23-18(21)8-20(27-23)22-17-7-14(2-3-19(17)28-29-22)15-6-16(31)10-24-9-15/h2-12,31H,1H3,(H,25,27)(H,28,29). The van der Waals surface area contributed by atoms with Gasteiger partial charge in [0.2, 0.25) is 0 Å². The van der Waals surface area contributed by atoms with Gasteiger partial charge < -0.3 is 14.7 Å². The van der Waals surface area contributed by atoms with Gasteiger partial charge in [-0.3, -0.25) is 10.1 Å². The van der Waals surface area contributed by atoms with Crippen molar-refractivity contribution in [3.63, 3.8) is 0 Å². The Bertz CT molecular complexity index is 1570. The van der Waals surface area contributed by atoms with Crippen molar-refractivity contribution < 1.29 is 5.11 Å². The second-order valence-corrected chi connectivity index (χ2v) is 7.46. The highest BCUT2D eigenvalue weighted by atomic mass is 16.3. The highest BCUT2D eigenvalue weighted by Crippen LogP contribution is 2.33. The van der Waals surface area contributed by atoms with Gasteiger partial charge in [-0.25, -0.2) is 9.97 Å². The lowest BCUT2D eigenvalue weighted by Gasteiger charge is -2.03. The molecule has 6 aromatic rings. The first-order valence-corrected chi connectivity index (χ1v) is 9.77. The van der Waals surface area contributed by atoms with Crippen LogP contribution in [0.15, 0.2) is 67.5 Å². The Morgan fingerprint density at radius 3 is 2.74 bits per heavy atom. The molecule has 0 saturated carbocycles. The predicted octanol–water partition coefficient (Wildman–Crippen LogP) is 4.37. The van der Waals surface area contributed by atoms with E-state index in [0.29, 0.717) is 0 Å². The van der Waals surface area contributed by atoms with Crippen molar-refractivity contribution in [2.45, 2.75) is 6.92 Å². The Kier molecular flexibility index (Phi) is 3.66. The van der Waals surface area contributed by atoms with Gasteiger partial charge in [0.05, 0.1) is 35.1 Å². The first kappa shape index (κ1) is 17.4. The fourth-order valence-corrected chi connectivity index (χ4v) is 3.90. The molecule has 0 aliphatic rings. The van der Waals surface area contributed by atoms with Crippen LogP contribution in [0.2, 0.25) is 0 Å². The number of hydrogen-bond donors (Lipinski definition) is 3. The van der Waals surface area contributed by atoms with Crippen molar-refractivity contribution in [3.05, 3.63) is 73.2 Å². The SMILES string of the molecule is Cc1cn(-c2ccnc3[nH]c(-c4n[nH]c5ccc(-c6cncc(O)c6)cc45)cc23)cn1. The number of nitrogens with one attached hydrogen (secondary N) is 2. The van der Waals surface area contributed by atoms with E-state index in [0.717, 1.165) is 55.8 Å². The molecule has 5 heterocycles. The fraction of sp³-hybridized carbons (Fsp3) is 0.0435. The molecule has 0 fully saturated rings. The van der Waals surface area contributed by atoms with Crippen molar-refractivity contribution >= 4 is 21.9 Å². The van der Waals surface area contributed by atoms with Gasteiger partial charge in [0.25, 0.3) is 0 Å². The number of imidazole rings is 1. The number of aromatic amines is 2. The molecule has 5 aromatic heterocycles. The topological polar surface area (TPSA) is 108 Å². The maximum atomic E-state index is 9.78. The molecule has 8 heteroatoms. The lowest BCUT2D eigenvalue weighted by Crippen LogP contribution is -1.91. The molecule has 0 bridgehead atoms. The van der Waals surface area contributed by atoms with Crippen molar-refractivity contribution in [2.75, 3.05) is 0 Å². The van der Waals surface area contributed by atoms with Crippen LogP contribution in [0.4, 0.5) is 0 Å². The number of pyridine rings is 2. The summed E-state index contributed by atoms with van der Waals surface area (Å²) < 4.78 is 1.99. The van der Waals surface area contributed by atoms with E-state index < -0.39 is 0 Å². The summed E-state index contributed by atoms with van der Waals surface area (Å²) in [4.78, 5) is 16.3. The maximum Gasteiger partial charge on any atom is 0.139 e. The minimum absolute atomic E-state index is 0.133. The molecule has 6 rings (SSSR count). The van der Waals surface area contributed by atoms with Gasteiger partial charge in [0.1, 0.15) is 17.1 Å². The van der Waals surface area contributed by atoms with E-state index in [1.165, 1.54) is 6.20 Å². The Labute approximate surface area is 176 Å². The first-order chi connectivity index (χ1) is 15.2. The summed E-state index contributed by atoms with van der Waals surface area (Å²) in [5.74, 6) is 0.133. The smallest absolute Gasteiger partial charge is 0.139 e. The zero-order chi connectivity index (χ0) is 20.9. The van der Waals surface area contributed by atoms with Gasteiger partial charge in [0.15, 0.2) is 0 Å². The van der Waals surface area contributed by atoms with Crippen LogP contribution in [0.3, 0.4) is 0 Å². The number of nitrogens with zero attached hydrogens (tertiary/aromatic N) is 5. The normalized spacial score (nSPS) is 11.5. The minimum atomic E-state index is 0.133. The molecule has 8 nitrogen and oxygen atoms in total. The average molecular weight is 407 g/mol. The summed E-state index contributed by atoms with van der Waals surface area (Å²) in [6.45, 7) is 1.97. The van der Waals surface area contributed by atoms with Crippen LogP contribution in [0.25, 0.3) is 50.1 Å². The van der Waals surface area contributed by atoms with E-state index in [2.05, 4.69) is 36.2 Å². The second-order valence-electron chi connectivity index (χ2n) is 7.46. The van der Waals surface area contributed by atoms with Crippen LogP contribution in [0, 0.1) is 6.92 Å². The quantitative estimate of drug-likeness (QED) is 0.404. The number of rotatable bonds is 3. The van der Waals surface area contributed by atoms with Crippen LogP contribution in [-0.4, -0.2) is 39.8 Å². The molecule has 0 amide bonds.